The monoisotopic (exact) mass is 538 g/mol. The van der Waals surface area contributed by atoms with E-state index in [-0.39, 0.29) is 0 Å². The third-order valence-electron chi connectivity index (χ3n) is 7.39. The van der Waals surface area contributed by atoms with Crippen LogP contribution in [0.3, 0.4) is 0 Å². The number of hydrogen-bond acceptors (Lipinski definition) is 3. The van der Waals surface area contributed by atoms with E-state index in [0.717, 1.165) is 51.1 Å². The van der Waals surface area contributed by atoms with Crippen molar-refractivity contribution in [3.05, 3.63) is 0 Å². The Labute approximate surface area is 237 Å². The molecule has 0 aliphatic carbocycles. The van der Waals surface area contributed by atoms with Gasteiger partial charge in [-0.25, -0.2) is 0 Å². The van der Waals surface area contributed by atoms with Crippen LogP contribution in [-0.4, -0.2) is 23.6 Å². The van der Waals surface area contributed by atoms with Crippen molar-refractivity contribution < 1.29 is 19.5 Å². The molecular formula is C34H66O4. The van der Waals surface area contributed by atoms with Crippen molar-refractivity contribution in [2.45, 2.75) is 200 Å². The molecule has 0 spiro atoms. The average molecular weight is 539 g/mol. The summed E-state index contributed by atoms with van der Waals surface area (Å²) in [7, 11) is 0. The summed E-state index contributed by atoms with van der Waals surface area (Å²) in [5, 5.41) is 8.51. The van der Waals surface area contributed by atoms with E-state index >= 15 is 0 Å². The van der Waals surface area contributed by atoms with Crippen LogP contribution in [0.5, 0.6) is 0 Å². The molecule has 226 valence electrons. The second-order valence-electron chi connectivity index (χ2n) is 11.2. The van der Waals surface area contributed by atoms with Gasteiger partial charge in [0, 0.05) is 19.3 Å². The van der Waals surface area contributed by atoms with Crippen LogP contribution in [0.2, 0.25) is 0 Å². The maximum atomic E-state index is 10.3. The van der Waals surface area contributed by atoms with E-state index in [1.54, 1.807) is 0 Å². The van der Waals surface area contributed by atoms with E-state index < -0.39 is 5.97 Å². The SMILES string of the molecule is CCCCCCCCCCCCCCCC=O.O=CCCCCCCCCCCCCCCCCC(=O)O. The minimum atomic E-state index is -0.668. The summed E-state index contributed by atoms with van der Waals surface area (Å²) in [5.41, 5.74) is 0. The van der Waals surface area contributed by atoms with Gasteiger partial charge in [-0.1, -0.05) is 161 Å². The molecule has 0 heterocycles. The smallest absolute Gasteiger partial charge is 0.303 e. The van der Waals surface area contributed by atoms with Gasteiger partial charge in [-0.2, -0.15) is 0 Å². The van der Waals surface area contributed by atoms with E-state index in [4.69, 9.17) is 5.11 Å². The second kappa shape index (κ2) is 38.0. The van der Waals surface area contributed by atoms with Gasteiger partial charge >= 0.3 is 5.97 Å². The van der Waals surface area contributed by atoms with Crippen LogP contribution >= 0.6 is 0 Å². The Morgan fingerprint density at radius 3 is 0.895 bits per heavy atom. The highest BCUT2D eigenvalue weighted by Crippen LogP contribution is 2.14. The molecule has 0 radical (unpaired) electrons. The molecular weight excluding hydrogens is 472 g/mol. The predicted octanol–water partition coefficient (Wildman–Crippen LogP) is 11.2. The van der Waals surface area contributed by atoms with Crippen LogP contribution in [0.1, 0.15) is 200 Å². The van der Waals surface area contributed by atoms with Gasteiger partial charge in [-0.05, 0) is 19.3 Å². The van der Waals surface area contributed by atoms with E-state index in [1.165, 1.54) is 148 Å². The van der Waals surface area contributed by atoms with Gasteiger partial charge in [-0.3, -0.25) is 4.79 Å². The lowest BCUT2D eigenvalue weighted by atomic mass is 10.0. The molecule has 0 unspecified atom stereocenters. The van der Waals surface area contributed by atoms with Crippen LogP contribution < -0.4 is 0 Å². The van der Waals surface area contributed by atoms with Crippen molar-refractivity contribution in [2.24, 2.45) is 0 Å². The predicted molar refractivity (Wildman–Crippen MR) is 164 cm³/mol. The fourth-order valence-corrected chi connectivity index (χ4v) is 4.87. The summed E-state index contributed by atoms with van der Waals surface area (Å²) in [4.78, 5) is 30.6. The lowest BCUT2D eigenvalue weighted by Crippen LogP contribution is -1.93. The zero-order valence-electron chi connectivity index (χ0n) is 25.5. The normalized spacial score (nSPS) is 10.7. The largest absolute Gasteiger partial charge is 0.481 e. The molecule has 0 saturated carbocycles. The summed E-state index contributed by atoms with van der Waals surface area (Å²) in [5.74, 6) is -0.668. The summed E-state index contributed by atoms with van der Waals surface area (Å²) < 4.78 is 0. The van der Waals surface area contributed by atoms with Gasteiger partial charge in [0.25, 0.3) is 0 Å². The third kappa shape index (κ3) is 41.9. The molecule has 0 aliphatic rings. The number of unbranched alkanes of at least 4 members (excludes halogenated alkanes) is 27. The Morgan fingerprint density at radius 1 is 0.421 bits per heavy atom. The number of aldehydes is 2. The lowest BCUT2D eigenvalue weighted by Gasteiger charge is -2.03. The van der Waals surface area contributed by atoms with Crippen molar-refractivity contribution in [2.75, 3.05) is 0 Å². The molecule has 0 aromatic carbocycles. The summed E-state index contributed by atoms with van der Waals surface area (Å²) in [6, 6.07) is 0. The molecule has 0 bridgehead atoms. The highest BCUT2D eigenvalue weighted by Gasteiger charge is 1.97. The molecule has 1 N–H and O–H groups in total. The zero-order valence-corrected chi connectivity index (χ0v) is 25.5. The minimum Gasteiger partial charge on any atom is -0.481 e. The maximum Gasteiger partial charge on any atom is 0.303 e. The number of carboxylic acid groups (broad SMARTS) is 1. The fraction of sp³-hybridized carbons (Fsp3) is 0.912. The number of rotatable bonds is 31. The first-order valence-electron chi connectivity index (χ1n) is 16.8. The number of hydrogen-bond donors (Lipinski definition) is 1. The standard InChI is InChI=1S/C18H34O3.C16H32O/c19-17-15-13-11-9-7-5-3-1-2-4-6-8-10-12-14-16-18(20)21;1-2-3-4-5-6-7-8-9-10-11-12-13-14-15-16-17/h17H,1-16H2,(H,20,21);16H,2-15H2,1H3. The first-order chi connectivity index (χ1) is 18.7. The van der Waals surface area contributed by atoms with E-state index in [2.05, 4.69) is 6.92 Å². The Morgan fingerprint density at radius 2 is 0.658 bits per heavy atom. The van der Waals surface area contributed by atoms with Gasteiger partial charge in [-0.15, -0.1) is 0 Å². The van der Waals surface area contributed by atoms with Crippen LogP contribution in [0, 0.1) is 0 Å². The number of aliphatic carboxylic acids is 1. The van der Waals surface area contributed by atoms with Crippen molar-refractivity contribution in [3.63, 3.8) is 0 Å². The zero-order chi connectivity index (χ0) is 28.2. The first kappa shape index (κ1) is 39.0. The van der Waals surface area contributed by atoms with Gasteiger partial charge in [0.2, 0.25) is 0 Å². The molecule has 0 aromatic rings. The Hall–Kier alpha value is -1.19. The molecule has 38 heavy (non-hydrogen) atoms. The van der Waals surface area contributed by atoms with Crippen molar-refractivity contribution in [1.29, 1.82) is 0 Å². The summed E-state index contributed by atoms with van der Waals surface area (Å²) >= 11 is 0. The van der Waals surface area contributed by atoms with Crippen molar-refractivity contribution in [3.8, 4) is 0 Å². The van der Waals surface area contributed by atoms with Crippen LogP contribution in [0.25, 0.3) is 0 Å². The van der Waals surface area contributed by atoms with Gasteiger partial charge in [0.1, 0.15) is 12.6 Å². The highest BCUT2D eigenvalue weighted by atomic mass is 16.4. The fourth-order valence-electron chi connectivity index (χ4n) is 4.87. The van der Waals surface area contributed by atoms with E-state index in [1.807, 2.05) is 0 Å². The molecule has 0 fully saturated rings. The Balaban J connectivity index is 0. The van der Waals surface area contributed by atoms with Crippen molar-refractivity contribution >= 4 is 18.5 Å². The molecule has 0 aliphatic heterocycles. The summed E-state index contributed by atoms with van der Waals surface area (Å²) in [6.45, 7) is 2.27. The van der Waals surface area contributed by atoms with Crippen LogP contribution in [-0.2, 0) is 14.4 Å². The minimum absolute atomic E-state index is 0.329. The van der Waals surface area contributed by atoms with Gasteiger partial charge in [0.05, 0.1) is 0 Å². The quantitative estimate of drug-likeness (QED) is 0.0703. The molecule has 0 atom stereocenters. The van der Waals surface area contributed by atoms with Gasteiger partial charge < -0.3 is 14.7 Å². The molecule has 0 rings (SSSR count). The maximum absolute atomic E-state index is 10.3. The molecule has 0 saturated heterocycles. The van der Waals surface area contributed by atoms with Crippen molar-refractivity contribution in [1.82, 2.24) is 0 Å². The number of carboxylic acids is 1. The first-order valence-corrected chi connectivity index (χ1v) is 16.8. The van der Waals surface area contributed by atoms with Gasteiger partial charge in [0.15, 0.2) is 0 Å². The third-order valence-corrected chi connectivity index (χ3v) is 7.39. The summed E-state index contributed by atoms with van der Waals surface area (Å²) in [6.07, 6.45) is 39.0. The topological polar surface area (TPSA) is 71.4 Å². The second-order valence-corrected chi connectivity index (χ2v) is 11.2. The number of carbonyl (C=O) groups is 3. The molecule has 4 heteroatoms. The van der Waals surface area contributed by atoms with Crippen LogP contribution in [0.15, 0.2) is 0 Å². The molecule has 0 amide bonds. The Bertz CT molecular complexity index is 463. The van der Waals surface area contributed by atoms with Crippen LogP contribution in [0.4, 0.5) is 0 Å². The average Bonchev–Trinajstić information content (AvgIpc) is 2.91. The Kier molecular flexibility index (Phi) is 38.9. The number of carbonyl (C=O) groups excluding carboxylic acids is 2. The highest BCUT2D eigenvalue weighted by molar-refractivity contribution is 5.66. The molecule has 4 nitrogen and oxygen atoms in total. The lowest BCUT2D eigenvalue weighted by molar-refractivity contribution is -0.137. The van der Waals surface area contributed by atoms with E-state index in [0.29, 0.717) is 6.42 Å². The van der Waals surface area contributed by atoms with E-state index in [9.17, 15) is 14.4 Å². The molecule has 0 aromatic heterocycles.